The monoisotopic (exact) mass is 275 g/mol. The Morgan fingerprint density at radius 2 is 1.85 bits per heavy atom. The zero-order chi connectivity index (χ0) is 14.7. The van der Waals surface area contributed by atoms with Crippen molar-refractivity contribution >= 4 is 17.6 Å². The van der Waals surface area contributed by atoms with E-state index >= 15 is 0 Å². The second-order valence-electron chi connectivity index (χ2n) is 5.27. The molecule has 1 aromatic rings. The molecule has 1 aromatic carbocycles. The van der Waals surface area contributed by atoms with Crippen LogP contribution in [0.25, 0.3) is 0 Å². The summed E-state index contributed by atoms with van der Waals surface area (Å²) < 4.78 is 0. The third-order valence-electron chi connectivity index (χ3n) is 3.53. The van der Waals surface area contributed by atoms with Gasteiger partial charge >= 0.3 is 6.03 Å². The molecule has 20 heavy (non-hydrogen) atoms. The fourth-order valence-electron chi connectivity index (χ4n) is 2.36. The Hall–Kier alpha value is -1.88. The number of rotatable bonds is 3. The van der Waals surface area contributed by atoms with E-state index in [0.29, 0.717) is 31.6 Å². The molecule has 1 saturated heterocycles. The maximum Gasteiger partial charge on any atom is 0.331 e. The van der Waals surface area contributed by atoms with Crippen LogP contribution in [-0.2, 0) is 11.3 Å². The van der Waals surface area contributed by atoms with E-state index < -0.39 is 0 Å². The molecule has 3 amide bonds. The summed E-state index contributed by atoms with van der Waals surface area (Å²) >= 11 is 0. The smallest absolute Gasteiger partial charge is 0.326 e. The van der Waals surface area contributed by atoms with Crippen molar-refractivity contribution in [3.05, 3.63) is 29.8 Å². The molecule has 108 valence electrons. The lowest BCUT2D eigenvalue weighted by atomic mass is 10.2. The fourth-order valence-corrected chi connectivity index (χ4v) is 2.36. The Morgan fingerprint density at radius 1 is 1.20 bits per heavy atom. The predicted molar refractivity (Wildman–Crippen MR) is 78.3 cm³/mol. The fraction of sp³-hybridized carbons (Fsp3) is 0.467. The van der Waals surface area contributed by atoms with Crippen molar-refractivity contribution in [3.63, 3.8) is 0 Å². The average molecular weight is 275 g/mol. The van der Waals surface area contributed by atoms with E-state index in [0.717, 1.165) is 5.56 Å². The highest BCUT2D eigenvalue weighted by atomic mass is 16.2. The summed E-state index contributed by atoms with van der Waals surface area (Å²) in [6.45, 7) is 4.99. The lowest BCUT2D eigenvalue weighted by Gasteiger charge is -2.29. The second-order valence-corrected chi connectivity index (χ2v) is 5.27. The third-order valence-corrected chi connectivity index (χ3v) is 3.53. The number of nitrogens with two attached hydrogens (primary N) is 1. The number of amides is 3. The number of nitrogens with zero attached hydrogens (tertiary/aromatic N) is 2. The van der Waals surface area contributed by atoms with Gasteiger partial charge in [-0.1, -0.05) is 12.1 Å². The number of anilines is 1. The average Bonchev–Trinajstić information content (AvgIpc) is 2.58. The summed E-state index contributed by atoms with van der Waals surface area (Å²) in [4.78, 5) is 27.8. The van der Waals surface area contributed by atoms with Gasteiger partial charge < -0.3 is 10.6 Å². The van der Waals surface area contributed by atoms with Gasteiger partial charge in [-0.3, -0.25) is 4.79 Å². The number of imide groups is 1. The van der Waals surface area contributed by atoms with Gasteiger partial charge in [0.15, 0.2) is 0 Å². The van der Waals surface area contributed by atoms with E-state index in [1.807, 2.05) is 26.0 Å². The van der Waals surface area contributed by atoms with E-state index in [1.54, 1.807) is 17.0 Å². The molecular formula is C15H21N3O2. The van der Waals surface area contributed by atoms with Crippen molar-refractivity contribution in [1.29, 1.82) is 0 Å². The summed E-state index contributed by atoms with van der Waals surface area (Å²) in [6.07, 6.45) is 1.10. The molecule has 1 aliphatic heterocycles. The molecule has 5 nitrogen and oxygen atoms in total. The van der Waals surface area contributed by atoms with E-state index in [9.17, 15) is 9.59 Å². The minimum atomic E-state index is -0.233. The molecule has 0 aliphatic carbocycles. The first-order valence-corrected chi connectivity index (χ1v) is 6.97. The number of urea groups is 1. The number of carbonyl (C=O) groups is 2. The molecule has 0 aromatic heterocycles. The Kier molecular flexibility index (Phi) is 4.39. The summed E-state index contributed by atoms with van der Waals surface area (Å²) in [7, 11) is 0. The van der Waals surface area contributed by atoms with Gasteiger partial charge in [-0.15, -0.1) is 0 Å². The second kappa shape index (κ2) is 6.05. The van der Waals surface area contributed by atoms with Gasteiger partial charge in [-0.25, -0.2) is 9.69 Å². The number of carbonyl (C=O) groups excluding carboxylic acids is 2. The molecule has 5 heteroatoms. The highest BCUT2D eigenvalue weighted by molar-refractivity contribution is 6.14. The molecule has 2 rings (SSSR count). The van der Waals surface area contributed by atoms with E-state index in [2.05, 4.69) is 0 Å². The van der Waals surface area contributed by atoms with Crippen molar-refractivity contribution in [2.24, 2.45) is 5.73 Å². The number of hydrogen-bond acceptors (Lipinski definition) is 3. The van der Waals surface area contributed by atoms with Gasteiger partial charge in [0.1, 0.15) is 0 Å². The Bertz CT molecular complexity index is 496. The standard InChI is InChI=1S/C15H21N3O2/c1-11(2)17-9-3-4-14(19)18(15(17)20)13-7-5-12(10-16)6-8-13/h5-8,11H,3-4,9-10,16H2,1-2H3. The van der Waals surface area contributed by atoms with Gasteiger partial charge in [0, 0.05) is 25.6 Å². The first kappa shape index (κ1) is 14.5. The number of benzene rings is 1. The molecule has 1 heterocycles. The Balaban J connectivity index is 2.33. The van der Waals surface area contributed by atoms with Crippen molar-refractivity contribution in [2.45, 2.75) is 39.3 Å². The number of hydrogen-bond donors (Lipinski definition) is 1. The van der Waals surface area contributed by atoms with Crippen LogP contribution in [-0.4, -0.2) is 29.4 Å². The van der Waals surface area contributed by atoms with Crippen LogP contribution in [0.3, 0.4) is 0 Å². The first-order valence-electron chi connectivity index (χ1n) is 6.97. The largest absolute Gasteiger partial charge is 0.331 e. The topological polar surface area (TPSA) is 66.6 Å². The normalized spacial score (nSPS) is 16.8. The summed E-state index contributed by atoms with van der Waals surface area (Å²) in [5.74, 6) is -0.140. The molecule has 0 unspecified atom stereocenters. The molecule has 0 atom stereocenters. The first-order chi connectivity index (χ1) is 9.54. The summed E-state index contributed by atoms with van der Waals surface area (Å²) in [5.41, 5.74) is 7.16. The van der Waals surface area contributed by atoms with Crippen molar-refractivity contribution < 1.29 is 9.59 Å². The van der Waals surface area contributed by atoms with Crippen LogP contribution in [0.1, 0.15) is 32.3 Å². The molecule has 0 saturated carbocycles. The third kappa shape index (κ3) is 2.82. The van der Waals surface area contributed by atoms with Crippen LogP contribution in [0.15, 0.2) is 24.3 Å². The molecule has 0 radical (unpaired) electrons. The molecule has 1 aliphatic rings. The Morgan fingerprint density at radius 3 is 2.40 bits per heavy atom. The van der Waals surface area contributed by atoms with Crippen molar-refractivity contribution in [1.82, 2.24) is 4.90 Å². The van der Waals surface area contributed by atoms with Crippen LogP contribution in [0, 0.1) is 0 Å². The molecular weight excluding hydrogens is 254 g/mol. The minimum Gasteiger partial charge on any atom is -0.326 e. The van der Waals surface area contributed by atoms with E-state index in [4.69, 9.17) is 5.73 Å². The van der Waals surface area contributed by atoms with Gasteiger partial charge in [0.05, 0.1) is 5.69 Å². The van der Waals surface area contributed by atoms with Crippen LogP contribution < -0.4 is 10.6 Å². The Labute approximate surface area is 119 Å². The molecule has 0 bridgehead atoms. The highest BCUT2D eigenvalue weighted by Gasteiger charge is 2.31. The minimum absolute atomic E-state index is 0.0826. The quantitative estimate of drug-likeness (QED) is 0.918. The zero-order valence-electron chi connectivity index (χ0n) is 12.0. The van der Waals surface area contributed by atoms with E-state index in [1.165, 1.54) is 4.90 Å². The zero-order valence-corrected chi connectivity index (χ0v) is 12.0. The molecule has 0 spiro atoms. The van der Waals surface area contributed by atoms with Gasteiger partial charge in [0.2, 0.25) is 5.91 Å². The van der Waals surface area contributed by atoms with Gasteiger partial charge in [-0.05, 0) is 38.0 Å². The highest BCUT2D eigenvalue weighted by Crippen LogP contribution is 2.22. The molecule has 1 fully saturated rings. The van der Waals surface area contributed by atoms with Crippen LogP contribution >= 0.6 is 0 Å². The summed E-state index contributed by atoms with van der Waals surface area (Å²) in [6, 6.07) is 7.10. The lowest BCUT2D eigenvalue weighted by molar-refractivity contribution is -0.117. The van der Waals surface area contributed by atoms with Gasteiger partial charge in [0.25, 0.3) is 0 Å². The van der Waals surface area contributed by atoms with Crippen molar-refractivity contribution in [2.75, 3.05) is 11.4 Å². The van der Waals surface area contributed by atoms with Crippen LogP contribution in [0.2, 0.25) is 0 Å². The van der Waals surface area contributed by atoms with Gasteiger partial charge in [-0.2, -0.15) is 0 Å². The maximum atomic E-state index is 12.6. The van der Waals surface area contributed by atoms with Crippen LogP contribution in [0.5, 0.6) is 0 Å². The van der Waals surface area contributed by atoms with Crippen LogP contribution in [0.4, 0.5) is 10.5 Å². The summed E-state index contributed by atoms with van der Waals surface area (Å²) in [5, 5.41) is 0. The SMILES string of the molecule is CC(C)N1CCCC(=O)N(c2ccc(CN)cc2)C1=O. The molecule has 2 N–H and O–H groups in total. The lowest BCUT2D eigenvalue weighted by Crippen LogP contribution is -2.47. The predicted octanol–water partition coefficient (Wildman–Crippen LogP) is 2.10. The maximum absolute atomic E-state index is 12.6. The van der Waals surface area contributed by atoms with Crippen molar-refractivity contribution in [3.8, 4) is 0 Å². The van der Waals surface area contributed by atoms with E-state index in [-0.39, 0.29) is 18.0 Å².